The van der Waals surface area contributed by atoms with Gasteiger partial charge in [0, 0.05) is 12.3 Å². The van der Waals surface area contributed by atoms with Crippen LogP contribution >= 0.6 is 13.5 Å². The largest absolute Gasteiger partial charge is 0.343 e. The van der Waals surface area contributed by atoms with Crippen LogP contribution in [0.5, 0.6) is 0 Å². The van der Waals surface area contributed by atoms with Gasteiger partial charge in [-0.2, -0.15) is 13.5 Å². The summed E-state index contributed by atoms with van der Waals surface area (Å²) < 4.78 is 0. The number of carbonyl (C=O) groups excluding carboxylic acids is 2. The maximum absolute atomic E-state index is 11.9. The Hall–Kier alpha value is -0.550. The molecule has 4 nitrogen and oxygen atoms in total. The first-order chi connectivity index (χ1) is 7.68. The van der Waals surface area contributed by atoms with Crippen molar-refractivity contribution in [2.45, 2.75) is 50.5 Å². The molecule has 1 spiro atoms. The Kier molecular flexibility index (Phi) is 5.01. The van der Waals surface area contributed by atoms with E-state index in [1.165, 1.54) is 0 Å². The van der Waals surface area contributed by atoms with Crippen LogP contribution in [0.4, 0.5) is 0 Å². The minimum Gasteiger partial charge on any atom is -0.343 e. The smallest absolute Gasteiger partial charge is 0.224 e. The molecule has 0 bridgehead atoms. The molecule has 2 rings (SSSR count). The Balaban J connectivity index is 0.00000144. The number of piperidine rings is 1. The molecule has 3 N–H and O–H groups in total. The van der Waals surface area contributed by atoms with Crippen LogP contribution in [0.25, 0.3) is 0 Å². The molecule has 1 heterocycles. The molecule has 1 atom stereocenters. The maximum Gasteiger partial charge on any atom is 0.224 e. The molecule has 1 aliphatic carbocycles. The Bertz CT molecular complexity index is 303. The Morgan fingerprint density at radius 1 is 1.29 bits per heavy atom. The van der Waals surface area contributed by atoms with Crippen molar-refractivity contribution in [3.63, 3.8) is 0 Å². The number of rotatable bonds is 4. The fourth-order valence-electron chi connectivity index (χ4n) is 2.62. The molecule has 0 aromatic carbocycles. The number of unbranched alkanes of at least 4 members (excludes halogenated alkanes) is 1. The lowest BCUT2D eigenvalue weighted by atomic mass is 9.68. The van der Waals surface area contributed by atoms with Crippen LogP contribution in [-0.2, 0) is 9.59 Å². The first kappa shape index (κ1) is 14.5. The van der Waals surface area contributed by atoms with Gasteiger partial charge in [0.05, 0.1) is 5.54 Å². The quantitative estimate of drug-likeness (QED) is 0.735. The molecular formula is C12H22N2O2S. The van der Waals surface area contributed by atoms with Gasteiger partial charge < -0.3 is 11.1 Å². The van der Waals surface area contributed by atoms with Crippen molar-refractivity contribution in [1.29, 1.82) is 0 Å². The highest BCUT2D eigenvalue weighted by molar-refractivity contribution is 7.59. The van der Waals surface area contributed by atoms with Crippen molar-refractivity contribution in [1.82, 2.24) is 5.32 Å². The summed E-state index contributed by atoms with van der Waals surface area (Å²) >= 11 is 0. The highest BCUT2D eigenvalue weighted by Crippen LogP contribution is 2.38. The fourth-order valence-corrected chi connectivity index (χ4v) is 2.62. The zero-order chi connectivity index (χ0) is 11.6. The van der Waals surface area contributed by atoms with Gasteiger partial charge in [-0.25, -0.2) is 0 Å². The molecule has 1 amide bonds. The SMILES string of the molecule is NCCCC[C@@H]1CC(=O)C2(CCC2)NC1=O.S. The van der Waals surface area contributed by atoms with E-state index in [1.807, 2.05) is 0 Å². The lowest BCUT2D eigenvalue weighted by Gasteiger charge is -2.45. The van der Waals surface area contributed by atoms with E-state index in [2.05, 4.69) is 5.32 Å². The van der Waals surface area contributed by atoms with E-state index in [1.54, 1.807) is 0 Å². The molecule has 2 aliphatic rings. The number of amides is 1. The molecule has 0 aromatic rings. The van der Waals surface area contributed by atoms with Crippen LogP contribution in [0.15, 0.2) is 0 Å². The van der Waals surface area contributed by atoms with Crippen molar-refractivity contribution in [2.24, 2.45) is 11.7 Å². The topological polar surface area (TPSA) is 72.2 Å². The van der Waals surface area contributed by atoms with Gasteiger partial charge in [0.1, 0.15) is 0 Å². The summed E-state index contributed by atoms with van der Waals surface area (Å²) in [5.74, 6) is 0.220. The lowest BCUT2D eigenvalue weighted by molar-refractivity contribution is -0.145. The Morgan fingerprint density at radius 2 is 2.00 bits per heavy atom. The first-order valence-corrected chi connectivity index (χ1v) is 6.23. The molecule has 5 heteroatoms. The van der Waals surface area contributed by atoms with E-state index < -0.39 is 5.54 Å². The third-order valence-corrected chi connectivity index (χ3v) is 3.91. The molecule has 1 saturated heterocycles. The molecule has 2 fully saturated rings. The van der Waals surface area contributed by atoms with Gasteiger partial charge in [0.25, 0.3) is 0 Å². The average Bonchev–Trinajstić information content (AvgIpc) is 2.20. The molecule has 1 saturated carbocycles. The summed E-state index contributed by atoms with van der Waals surface area (Å²) in [4.78, 5) is 23.8. The van der Waals surface area contributed by atoms with Crippen LogP contribution in [0.2, 0.25) is 0 Å². The van der Waals surface area contributed by atoms with E-state index >= 15 is 0 Å². The second-order valence-corrected chi connectivity index (χ2v) is 5.03. The molecule has 0 aromatic heterocycles. The first-order valence-electron chi connectivity index (χ1n) is 6.23. The number of hydrogen-bond donors (Lipinski definition) is 2. The number of nitrogens with one attached hydrogen (secondary N) is 1. The van der Waals surface area contributed by atoms with Crippen LogP contribution < -0.4 is 11.1 Å². The third kappa shape index (κ3) is 2.83. The molecule has 17 heavy (non-hydrogen) atoms. The monoisotopic (exact) mass is 258 g/mol. The van der Waals surface area contributed by atoms with Crippen molar-refractivity contribution in [3.05, 3.63) is 0 Å². The van der Waals surface area contributed by atoms with E-state index in [0.29, 0.717) is 13.0 Å². The summed E-state index contributed by atoms with van der Waals surface area (Å²) in [6.07, 6.45) is 5.85. The average molecular weight is 258 g/mol. The second kappa shape index (κ2) is 5.87. The highest BCUT2D eigenvalue weighted by atomic mass is 32.1. The van der Waals surface area contributed by atoms with Gasteiger partial charge >= 0.3 is 0 Å². The zero-order valence-electron chi connectivity index (χ0n) is 10.1. The molecule has 0 unspecified atom stereocenters. The van der Waals surface area contributed by atoms with Gasteiger partial charge in [-0.1, -0.05) is 6.42 Å². The summed E-state index contributed by atoms with van der Waals surface area (Å²) in [5, 5.41) is 2.94. The summed E-state index contributed by atoms with van der Waals surface area (Å²) in [6, 6.07) is 0. The maximum atomic E-state index is 11.9. The van der Waals surface area contributed by atoms with Crippen molar-refractivity contribution in [3.8, 4) is 0 Å². The van der Waals surface area contributed by atoms with Crippen LogP contribution in [0, 0.1) is 5.92 Å². The van der Waals surface area contributed by atoms with Gasteiger partial charge in [-0.05, 0) is 38.6 Å². The second-order valence-electron chi connectivity index (χ2n) is 5.03. The van der Waals surface area contributed by atoms with Crippen LogP contribution in [0.1, 0.15) is 44.9 Å². The highest BCUT2D eigenvalue weighted by Gasteiger charge is 2.49. The minimum absolute atomic E-state index is 0. The number of hydrogen-bond acceptors (Lipinski definition) is 3. The van der Waals surface area contributed by atoms with Crippen molar-refractivity contribution >= 4 is 25.2 Å². The summed E-state index contributed by atoms with van der Waals surface area (Å²) in [7, 11) is 0. The van der Waals surface area contributed by atoms with Gasteiger partial charge in [0.2, 0.25) is 5.91 Å². The standard InChI is InChI=1S/C12H20N2O2.H2S/c13-7-2-1-4-9-8-10(15)12(5-3-6-12)14-11(9)16;/h9H,1-8,13H2,(H,14,16);1H2/t9-;/m1./s1. The van der Waals surface area contributed by atoms with E-state index in [0.717, 1.165) is 38.5 Å². The Morgan fingerprint density at radius 3 is 2.53 bits per heavy atom. The predicted octanol–water partition coefficient (Wildman–Crippen LogP) is 0.856. The molecule has 98 valence electrons. The number of Topliss-reactive ketones (excluding diaryl/α,β-unsaturated/α-hetero) is 1. The fraction of sp³-hybridized carbons (Fsp3) is 0.833. The normalized spacial score (nSPS) is 26.1. The summed E-state index contributed by atoms with van der Waals surface area (Å²) in [6.45, 7) is 0.659. The van der Waals surface area contributed by atoms with E-state index in [9.17, 15) is 9.59 Å². The van der Waals surface area contributed by atoms with E-state index in [-0.39, 0.29) is 31.1 Å². The summed E-state index contributed by atoms with van der Waals surface area (Å²) in [5.41, 5.74) is 4.96. The zero-order valence-corrected chi connectivity index (χ0v) is 11.1. The molecule has 1 aliphatic heterocycles. The van der Waals surface area contributed by atoms with Crippen molar-refractivity contribution < 1.29 is 9.59 Å². The predicted molar refractivity (Wildman–Crippen MR) is 71.1 cm³/mol. The van der Waals surface area contributed by atoms with Gasteiger partial charge in [0.15, 0.2) is 5.78 Å². The van der Waals surface area contributed by atoms with Crippen LogP contribution in [-0.4, -0.2) is 23.8 Å². The van der Waals surface area contributed by atoms with Gasteiger partial charge in [-0.15, -0.1) is 0 Å². The number of carbonyl (C=O) groups is 2. The third-order valence-electron chi connectivity index (χ3n) is 3.91. The number of ketones is 1. The minimum atomic E-state index is -0.457. The van der Waals surface area contributed by atoms with Crippen LogP contribution in [0.3, 0.4) is 0 Å². The lowest BCUT2D eigenvalue weighted by Crippen LogP contribution is -2.64. The molecular weight excluding hydrogens is 236 g/mol. The van der Waals surface area contributed by atoms with Gasteiger partial charge in [-0.3, -0.25) is 9.59 Å². The molecule has 0 radical (unpaired) electrons. The van der Waals surface area contributed by atoms with E-state index in [4.69, 9.17) is 5.73 Å². The van der Waals surface area contributed by atoms with Crippen molar-refractivity contribution in [2.75, 3.05) is 6.54 Å². The Labute approximate surface area is 109 Å². The number of nitrogens with two attached hydrogens (primary N) is 1.